The van der Waals surface area contributed by atoms with Gasteiger partial charge >= 0.3 is 6.18 Å². The lowest BCUT2D eigenvalue weighted by atomic mass is 10.0. The molecule has 0 saturated heterocycles. The highest BCUT2D eigenvalue weighted by Crippen LogP contribution is 2.34. The summed E-state index contributed by atoms with van der Waals surface area (Å²) in [7, 11) is 1.59. The van der Waals surface area contributed by atoms with Crippen LogP contribution in [-0.4, -0.2) is 21.9 Å². The number of allylic oxidation sites excluding steroid dienone is 1. The average Bonchev–Trinajstić information content (AvgIpc) is 3.15. The van der Waals surface area contributed by atoms with Gasteiger partial charge in [0.2, 0.25) is 5.95 Å². The third-order valence-electron chi connectivity index (χ3n) is 4.39. The smallest absolute Gasteiger partial charge is 0.416 e. The van der Waals surface area contributed by atoms with Gasteiger partial charge in [-0.15, -0.1) is 0 Å². The fourth-order valence-electron chi connectivity index (χ4n) is 2.98. The maximum atomic E-state index is 12.8. The van der Waals surface area contributed by atoms with Crippen LogP contribution in [0.5, 0.6) is 5.75 Å². The Kier molecular flexibility index (Phi) is 4.10. The molecule has 0 radical (unpaired) electrons. The molecule has 2 aromatic carbocycles. The standard InChI is InChI=1S/C19H15F3N4O/c1-27-15-8-4-12(5-9-15)16-10-17(26-18(25-16)23-11-24-26)13-2-6-14(7-3-13)19(20,21)22/h2-11,17H,1H3,(H,23,24,25)/t17-/m1/s1. The summed E-state index contributed by atoms with van der Waals surface area (Å²) in [5.41, 5.74) is 1.70. The Morgan fingerprint density at radius 3 is 2.37 bits per heavy atom. The highest BCUT2D eigenvalue weighted by atomic mass is 19.4. The van der Waals surface area contributed by atoms with Crippen LogP contribution in [0.25, 0.3) is 5.70 Å². The number of hydrogen-bond acceptors (Lipinski definition) is 4. The number of ether oxygens (including phenoxy) is 1. The largest absolute Gasteiger partial charge is 0.497 e. The molecule has 0 unspecified atom stereocenters. The van der Waals surface area contributed by atoms with Crippen LogP contribution in [-0.2, 0) is 6.18 Å². The minimum atomic E-state index is -4.37. The van der Waals surface area contributed by atoms with Crippen LogP contribution >= 0.6 is 0 Å². The van der Waals surface area contributed by atoms with Crippen LogP contribution in [0.4, 0.5) is 19.1 Å². The van der Waals surface area contributed by atoms with Crippen molar-refractivity contribution in [2.75, 3.05) is 12.4 Å². The number of aromatic nitrogens is 3. The molecule has 2 heterocycles. The lowest BCUT2D eigenvalue weighted by molar-refractivity contribution is -0.137. The van der Waals surface area contributed by atoms with Gasteiger partial charge in [0.1, 0.15) is 18.1 Å². The lowest BCUT2D eigenvalue weighted by Gasteiger charge is -2.24. The van der Waals surface area contributed by atoms with Crippen molar-refractivity contribution < 1.29 is 17.9 Å². The minimum absolute atomic E-state index is 0.372. The van der Waals surface area contributed by atoms with Crippen molar-refractivity contribution in [1.29, 1.82) is 0 Å². The fraction of sp³-hybridized carbons (Fsp3) is 0.158. The summed E-state index contributed by atoms with van der Waals surface area (Å²) in [6.07, 6.45) is -1.05. The maximum absolute atomic E-state index is 12.8. The van der Waals surface area contributed by atoms with Gasteiger partial charge in [0, 0.05) is 5.70 Å². The topological polar surface area (TPSA) is 52.0 Å². The molecule has 1 atom stereocenters. The van der Waals surface area contributed by atoms with E-state index in [1.165, 1.54) is 18.5 Å². The zero-order chi connectivity index (χ0) is 19.0. The van der Waals surface area contributed by atoms with E-state index in [4.69, 9.17) is 4.74 Å². The third-order valence-corrected chi connectivity index (χ3v) is 4.39. The van der Waals surface area contributed by atoms with E-state index < -0.39 is 11.7 Å². The number of methoxy groups -OCH3 is 1. The molecule has 0 saturated carbocycles. The zero-order valence-electron chi connectivity index (χ0n) is 14.2. The molecule has 0 aliphatic carbocycles. The molecule has 5 nitrogen and oxygen atoms in total. The van der Waals surface area contributed by atoms with Crippen molar-refractivity contribution in [3.05, 3.63) is 77.6 Å². The summed E-state index contributed by atoms with van der Waals surface area (Å²) < 4.78 is 45.3. The molecule has 27 heavy (non-hydrogen) atoms. The van der Waals surface area contributed by atoms with Gasteiger partial charge in [-0.1, -0.05) is 12.1 Å². The van der Waals surface area contributed by atoms with Gasteiger partial charge in [-0.3, -0.25) is 0 Å². The van der Waals surface area contributed by atoms with Crippen molar-refractivity contribution in [1.82, 2.24) is 14.8 Å². The Bertz CT molecular complexity index is 975. The molecule has 0 bridgehead atoms. The summed E-state index contributed by atoms with van der Waals surface area (Å²) in [5.74, 6) is 1.26. The second-order valence-corrected chi connectivity index (χ2v) is 6.03. The van der Waals surface area contributed by atoms with Gasteiger partial charge in [0.15, 0.2) is 0 Å². The van der Waals surface area contributed by atoms with E-state index in [1.807, 2.05) is 30.3 Å². The molecule has 4 rings (SSSR count). The number of alkyl halides is 3. The van der Waals surface area contributed by atoms with Crippen LogP contribution < -0.4 is 10.1 Å². The second-order valence-electron chi connectivity index (χ2n) is 6.03. The first kappa shape index (κ1) is 17.1. The van der Waals surface area contributed by atoms with E-state index in [9.17, 15) is 13.2 Å². The Balaban J connectivity index is 1.72. The molecule has 0 fully saturated rings. The Hall–Kier alpha value is -3.29. The number of fused-ring (bicyclic) bond motifs is 1. The van der Waals surface area contributed by atoms with E-state index in [2.05, 4.69) is 15.4 Å². The molecule has 138 valence electrons. The zero-order valence-corrected chi connectivity index (χ0v) is 14.2. The lowest BCUT2D eigenvalue weighted by Crippen LogP contribution is -2.20. The quantitative estimate of drug-likeness (QED) is 0.742. The van der Waals surface area contributed by atoms with Gasteiger partial charge < -0.3 is 10.1 Å². The van der Waals surface area contributed by atoms with E-state index in [0.717, 1.165) is 29.1 Å². The molecule has 1 aromatic heterocycles. The normalized spacial score (nSPS) is 16.3. The second kappa shape index (κ2) is 6.46. The predicted octanol–water partition coefficient (Wildman–Crippen LogP) is 4.36. The molecule has 1 aliphatic heterocycles. The first-order valence-corrected chi connectivity index (χ1v) is 8.15. The van der Waals surface area contributed by atoms with Crippen molar-refractivity contribution in [3.8, 4) is 5.75 Å². The van der Waals surface area contributed by atoms with Crippen LogP contribution in [0.15, 0.2) is 60.9 Å². The minimum Gasteiger partial charge on any atom is -0.497 e. The number of nitrogens with one attached hydrogen (secondary N) is 1. The van der Waals surface area contributed by atoms with Gasteiger partial charge in [-0.25, -0.2) is 4.68 Å². The monoisotopic (exact) mass is 372 g/mol. The van der Waals surface area contributed by atoms with E-state index in [1.54, 1.807) is 11.8 Å². The first-order valence-electron chi connectivity index (χ1n) is 8.15. The highest BCUT2D eigenvalue weighted by molar-refractivity contribution is 5.77. The van der Waals surface area contributed by atoms with Crippen LogP contribution in [0.2, 0.25) is 0 Å². The highest BCUT2D eigenvalue weighted by Gasteiger charge is 2.31. The number of nitrogens with zero attached hydrogens (tertiary/aromatic N) is 3. The van der Waals surface area contributed by atoms with Gasteiger partial charge in [-0.05, 0) is 53.6 Å². The summed E-state index contributed by atoms with van der Waals surface area (Å²) >= 11 is 0. The van der Waals surface area contributed by atoms with E-state index in [-0.39, 0.29) is 6.04 Å². The molecule has 0 amide bonds. The van der Waals surface area contributed by atoms with Gasteiger partial charge in [-0.2, -0.15) is 23.3 Å². The summed E-state index contributed by atoms with van der Waals surface area (Å²) in [5, 5.41) is 7.39. The van der Waals surface area contributed by atoms with Crippen molar-refractivity contribution in [2.45, 2.75) is 12.2 Å². The SMILES string of the molecule is COc1ccc(C2=C[C@H](c3ccc(C(F)(F)F)cc3)n3ncnc3N2)cc1. The summed E-state index contributed by atoms with van der Waals surface area (Å²) in [6.45, 7) is 0. The molecule has 1 N–H and O–H groups in total. The molecule has 0 spiro atoms. The Morgan fingerprint density at radius 1 is 1.04 bits per heavy atom. The van der Waals surface area contributed by atoms with Gasteiger partial charge in [0.25, 0.3) is 0 Å². The van der Waals surface area contributed by atoms with Gasteiger partial charge in [0.05, 0.1) is 12.7 Å². The van der Waals surface area contributed by atoms with Crippen molar-refractivity contribution >= 4 is 11.6 Å². The van der Waals surface area contributed by atoms with Crippen LogP contribution in [0, 0.1) is 0 Å². The molecule has 1 aliphatic rings. The average molecular weight is 372 g/mol. The predicted molar refractivity (Wildman–Crippen MR) is 94.2 cm³/mol. The number of anilines is 1. The first-order chi connectivity index (χ1) is 13.0. The van der Waals surface area contributed by atoms with Crippen molar-refractivity contribution in [3.63, 3.8) is 0 Å². The molecule has 8 heteroatoms. The number of halogens is 3. The number of hydrogen-bond donors (Lipinski definition) is 1. The summed E-state index contributed by atoms with van der Waals surface area (Å²) in [6, 6.07) is 12.2. The molecular formula is C19H15F3N4O. The Morgan fingerprint density at radius 2 is 1.74 bits per heavy atom. The Labute approximate surface area is 153 Å². The molecular weight excluding hydrogens is 357 g/mol. The fourth-order valence-corrected chi connectivity index (χ4v) is 2.98. The maximum Gasteiger partial charge on any atom is 0.416 e. The third kappa shape index (κ3) is 3.25. The van der Waals surface area contributed by atoms with E-state index in [0.29, 0.717) is 11.5 Å². The molecule has 3 aromatic rings. The van der Waals surface area contributed by atoms with E-state index >= 15 is 0 Å². The van der Waals surface area contributed by atoms with Crippen LogP contribution in [0.1, 0.15) is 22.7 Å². The number of rotatable bonds is 3. The number of benzene rings is 2. The van der Waals surface area contributed by atoms with Crippen molar-refractivity contribution in [2.24, 2.45) is 0 Å². The summed E-state index contributed by atoms with van der Waals surface area (Å²) in [4.78, 5) is 4.19. The van der Waals surface area contributed by atoms with Crippen LogP contribution in [0.3, 0.4) is 0 Å².